The van der Waals surface area contributed by atoms with Crippen LogP contribution in [0.3, 0.4) is 0 Å². The smallest absolute Gasteiger partial charge is 0.192 e. The second-order valence-corrected chi connectivity index (χ2v) is 37.9. The fraction of sp³-hybridized carbons (Fsp3) is 0.915. The Bertz CT molecular complexity index is 1290. The zero-order valence-electron chi connectivity index (χ0n) is 39.4. The summed E-state index contributed by atoms with van der Waals surface area (Å²) in [4.78, 5) is 0. The molecule has 3 unspecified atom stereocenters. The van der Waals surface area contributed by atoms with Crippen LogP contribution in [0, 0.1) is 22.7 Å². The highest BCUT2D eigenvalue weighted by molar-refractivity contribution is 6.75. The molecular weight excluding hydrogens is 713 g/mol. The summed E-state index contributed by atoms with van der Waals surface area (Å²) in [5.41, 5.74) is 3.67. The van der Waals surface area contributed by atoms with E-state index in [1.54, 1.807) is 11.1 Å². The molecule has 0 saturated heterocycles. The van der Waals surface area contributed by atoms with Crippen LogP contribution in [0.1, 0.15) is 167 Å². The van der Waals surface area contributed by atoms with Gasteiger partial charge >= 0.3 is 0 Å². The van der Waals surface area contributed by atoms with Crippen LogP contribution in [0.4, 0.5) is 0 Å². The lowest BCUT2D eigenvalue weighted by atomic mass is 9.62. The summed E-state index contributed by atoms with van der Waals surface area (Å²) in [6.07, 6.45) is 20.1. The summed E-state index contributed by atoms with van der Waals surface area (Å²) in [5.74, 6) is 1.26. The molecule has 0 aromatic heterocycles. The van der Waals surface area contributed by atoms with E-state index in [1.807, 2.05) is 0 Å². The molecule has 4 aliphatic carbocycles. The first-order valence-corrected chi connectivity index (χ1v) is 31.3. The molecule has 0 aromatic carbocycles. The zero-order chi connectivity index (χ0) is 41.0. The van der Waals surface area contributed by atoms with Crippen molar-refractivity contribution in [3.8, 4) is 0 Å². The highest BCUT2D eigenvalue weighted by Gasteiger charge is 2.61. The normalized spacial score (nSPS) is 29.8. The first-order valence-electron chi connectivity index (χ1n) is 22.6. The van der Waals surface area contributed by atoms with Crippen LogP contribution in [-0.4, -0.2) is 55.5 Å². The minimum absolute atomic E-state index is 0.0825. The Morgan fingerprint density at radius 3 is 1.67 bits per heavy atom. The highest BCUT2D eigenvalue weighted by atomic mass is 28.4. The average molecular weight is 803 g/mol. The largest absolute Gasteiger partial charge is 0.413 e. The van der Waals surface area contributed by atoms with Crippen LogP contribution in [0.5, 0.6) is 0 Å². The molecule has 4 nitrogen and oxygen atoms in total. The highest BCUT2D eigenvalue weighted by Crippen LogP contribution is 2.62. The van der Waals surface area contributed by atoms with Gasteiger partial charge < -0.3 is 18.0 Å². The van der Waals surface area contributed by atoms with Crippen molar-refractivity contribution in [3.05, 3.63) is 23.3 Å². The third-order valence-electron chi connectivity index (χ3n) is 17.1. The number of hydrogen-bond donors (Lipinski definition) is 0. The quantitative estimate of drug-likeness (QED) is 0.164. The number of allylic oxidation sites excluding steroid dienone is 3. The van der Waals surface area contributed by atoms with Crippen molar-refractivity contribution in [1.29, 1.82) is 0 Å². The van der Waals surface area contributed by atoms with Gasteiger partial charge in [0.1, 0.15) is 0 Å². The second-order valence-electron chi connectivity index (χ2n) is 23.6. The maximum absolute atomic E-state index is 7.40. The molecule has 1 spiro atoms. The molecule has 0 bridgehead atoms. The fourth-order valence-electron chi connectivity index (χ4n) is 9.80. The van der Waals surface area contributed by atoms with E-state index in [0.29, 0.717) is 17.3 Å². The van der Waals surface area contributed by atoms with Gasteiger partial charge in [-0.05, 0) is 156 Å². The SMILES string of the molecule is CCC(CC)(CCO[C@H](C)C1CCC2C(=CC=C3C[C@@H](O[Si](C)(C)C(C)(C)C)C4(CC4)[C@H](O[Si](C)(C)C(C)(C)C)C3)CCCC21C)O[Si](C)(C)C(C)(C)C. The molecule has 6 atom stereocenters. The van der Waals surface area contributed by atoms with Gasteiger partial charge in [0.05, 0.1) is 23.9 Å². The molecule has 0 heterocycles. The predicted octanol–water partition coefficient (Wildman–Crippen LogP) is 14.8. The Hall–Kier alpha value is -0.0294. The number of rotatable bonds is 14. The van der Waals surface area contributed by atoms with Gasteiger partial charge in [-0.2, -0.15) is 0 Å². The molecule has 7 heteroatoms. The summed E-state index contributed by atoms with van der Waals surface area (Å²) in [7, 11) is -5.76. The first kappa shape index (κ1) is 46.7. The zero-order valence-corrected chi connectivity index (χ0v) is 42.4. The molecule has 0 amide bonds. The lowest BCUT2D eigenvalue weighted by Gasteiger charge is -2.49. The third kappa shape index (κ3) is 9.70. The molecule has 54 heavy (non-hydrogen) atoms. The summed E-state index contributed by atoms with van der Waals surface area (Å²) in [6.45, 7) is 46.4. The van der Waals surface area contributed by atoms with E-state index < -0.39 is 25.0 Å². The topological polar surface area (TPSA) is 36.9 Å². The summed E-state index contributed by atoms with van der Waals surface area (Å²) >= 11 is 0. The molecule has 0 N–H and O–H groups in total. The fourth-order valence-corrected chi connectivity index (χ4v) is 14.3. The van der Waals surface area contributed by atoms with Gasteiger partial charge in [-0.1, -0.05) is 106 Å². The monoisotopic (exact) mass is 803 g/mol. The van der Waals surface area contributed by atoms with Gasteiger partial charge in [-0.3, -0.25) is 0 Å². The van der Waals surface area contributed by atoms with Crippen LogP contribution < -0.4 is 0 Å². The van der Waals surface area contributed by atoms with Crippen molar-refractivity contribution in [2.75, 3.05) is 6.61 Å². The molecule has 0 aliphatic heterocycles. The molecule has 0 aromatic rings. The van der Waals surface area contributed by atoms with E-state index in [0.717, 1.165) is 38.7 Å². The van der Waals surface area contributed by atoms with E-state index in [2.05, 4.69) is 141 Å². The molecule has 4 rings (SSSR count). The second kappa shape index (κ2) is 16.2. The summed E-state index contributed by atoms with van der Waals surface area (Å²) in [5, 5.41) is 0.605. The van der Waals surface area contributed by atoms with E-state index in [1.165, 1.54) is 44.9 Å². The van der Waals surface area contributed by atoms with Gasteiger partial charge in [0.2, 0.25) is 0 Å². The van der Waals surface area contributed by atoms with Gasteiger partial charge in [0.25, 0.3) is 0 Å². The molecule has 4 aliphatic rings. The van der Waals surface area contributed by atoms with Gasteiger partial charge in [-0.25, -0.2) is 0 Å². The third-order valence-corrected chi connectivity index (χ3v) is 30.7. The van der Waals surface area contributed by atoms with Crippen molar-refractivity contribution in [2.24, 2.45) is 22.7 Å². The Balaban J connectivity index is 1.52. The van der Waals surface area contributed by atoms with Crippen molar-refractivity contribution in [1.82, 2.24) is 0 Å². The summed E-state index contributed by atoms with van der Waals surface area (Å²) in [6, 6.07) is 0. The maximum atomic E-state index is 7.40. The molecular formula is C47H90O4Si3. The Labute approximate surface area is 339 Å². The standard InChI is InChI=1S/C47H90O4Si3/c1-20-46(21-2,51-54(18,19)44(10,11)12)31-32-48-35(3)38-26-27-39-37(23-22-28-45(38,39)13)25-24-36-33-40(49-52(14,15)42(4,5)6)47(29-30-47)41(34-36)50-53(16,17)43(7,8)9/h24-25,35,38-41H,20-23,26-34H2,1-19H3/t35-,38?,39?,40-,41-,45?/m1/s1. The predicted molar refractivity (Wildman–Crippen MR) is 241 cm³/mol. The Morgan fingerprint density at radius 1 is 0.722 bits per heavy atom. The van der Waals surface area contributed by atoms with E-state index >= 15 is 0 Å². The van der Waals surface area contributed by atoms with Crippen molar-refractivity contribution >= 4 is 25.0 Å². The lowest BCUT2D eigenvalue weighted by molar-refractivity contribution is -0.0520. The van der Waals surface area contributed by atoms with Crippen LogP contribution in [0.2, 0.25) is 54.4 Å². The van der Waals surface area contributed by atoms with E-state index in [9.17, 15) is 0 Å². The van der Waals surface area contributed by atoms with Crippen molar-refractivity contribution in [3.63, 3.8) is 0 Å². The van der Waals surface area contributed by atoms with Crippen LogP contribution in [0.25, 0.3) is 0 Å². The Kier molecular flexibility index (Phi) is 14.0. The molecule has 0 radical (unpaired) electrons. The van der Waals surface area contributed by atoms with Gasteiger partial charge in [0.15, 0.2) is 25.0 Å². The minimum atomic E-state index is -1.94. The van der Waals surface area contributed by atoms with Crippen LogP contribution in [0.15, 0.2) is 23.3 Å². The maximum Gasteiger partial charge on any atom is 0.192 e. The molecule has 4 saturated carbocycles. The van der Waals surface area contributed by atoms with Crippen molar-refractivity contribution in [2.45, 2.75) is 245 Å². The van der Waals surface area contributed by atoms with Crippen LogP contribution in [-0.2, 0) is 18.0 Å². The van der Waals surface area contributed by atoms with Gasteiger partial charge in [0, 0.05) is 12.0 Å². The average Bonchev–Trinajstić information content (AvgIpc) is 3.74. The Morgan fingerprint density at radius 2 is 1.22 bits per heavy atom. The van der Waals surface area contributed by atoms with Crippen LogP contribution >= 0.6 is 0 Å². The lowest BCUT2D eigenvalue weighted by Crippen LogP contribution is -2.54. The van der Waals surface area contributed by atoms with Gasteiger partial charge in [-0.15, -0.1) is 0 Å². The number of ether oxygens (including phenoxy) is 1. The molecule has 4 fully saturated rings. The van der Waals surface area contributed by atoms with E-state index in [-0.39, 0.29) is 44.4 Å². The number of hydrogen-bond acceptors (Lipinski definition) is 4. The van der Waals surface area contributed by atoms with Crippen molar-refractivity contribution < 1.29 is 18.0 Å². The number of fused-ring (bicyclic) bond motifs is 1. The summed E-state index contributed by atoms with van der Waals surface area (Å²) < 4.78 is 28.8. The minimum Gasteiger partial charge on any atom is -0.413 e. The molecule has 314 valence electrons. The first-order chi connectivity index (χ1) is 24.5. The van der Waals surface area contributed by atoms with E-state index in [4.69, 9.17) is 18.0 Å².